The number of carbonyl (C=O) groups excluding carboxylic acids is 1. The average molecular weight is 661 g/mol. The van der Waals surface area contributed by atoms with E-state index in [1.165, 1.54) is 6.07 Å². The van der Waals surface area contributed by atoms with Crippen LogP contribution in [-0.2, 0) is 29.2 Å². The molecule has 1 N–H and O–H groups in total. The zero-order chi connectivity index (χ0) is 32.3. The number of rotatable bonds is 10. The fourth-order valence-electron chi connectivity index (χ4n) is 6.95. The maximum absolute atomic E-state index is 14.2. The summed E-state index contributed by atoms with van der Waals surface area (Å²) in [7, 11) is 2.08. The minimum Gasteiger partial charge on any atom is -0.473 e. The smallest absolute Gasteiger partial charge is 0.228 e. The van der Waals surface area contributed by atoms with Crippen LogP contribution in [-0.4, -0.2) is 76.2 Å². The highest BCUT2D eigenvalue weighted by Gasteiger charge is 2.27. The average Bonchev–Trinajstić information content (AvgIpc) is 3.38. The fraction of sp³-hybridized carbons (Fsp3) is 0.472. The molecular weight excluding hydrogens is 619 g/mol. The second-order valence-corrected chi connectivity index (χ2v) is 13.6. The van der Waals surface area contributed by atoms with Gasteiger partial charge in [-0.1, -0.05) is 23.7 Å². The van der Waals surface area contributed by atoms with Crippen LogP contribution in [0.4, 0.5) is 10.1 Å². The number of hydrogen-bond donors (Lipinski definition) is 1. The zero-order valence-corrected chi connectivity index (χ0v) is 27.6. The molecule has 3 fully saturated rings. The second-order valence-electron chi connectivity index (χ2n) is 13.2. The molecule has 0 radical (unpaired) electrons. The van der Waals surface area contributed by atoms with Gasteiger partial charge in [-0.15, -0.1) is 0 Å². The van der Waals surface area contributed by atoms with Crippen LogP contribution in [0.3, 0.4) is 0 Å². The molecule has 0 spiro atoms. The first-order valence-corrected chi connectivity index (χ1v) is 17.1. The Labute approximate surface area is 280 Å². The number of likely N-dealkylation sites (tertiary alicyclic amines) is 2. The van der Waals surface area contributed by atoms with E-state index in [2.05, 4.69) is 38.9 Å². The lowest BCUT2D eigenvalue weighted by atomic mass is 9.93. The van der Waals surface area contributed by atoms with Gasteiger partial charge >= 0.3 is 0 Å². The highest BCUT2D eigenvalue weighted by Crippen LogP contribution is 2.30. The number of hydrogen-bond acceptors (Lipinski definition) is 7. The zero-order valence-electron chi connectivity index (χ0n) is 26.8. The number of pyridine rings is 1. The predicted octanol–water partition coefficient (Wildman–Crippen LogP) is 6.25. The van der Waals surface area contributed by atoms with E-state index in [-0.39, 0.29) is 30.4 Å². The van der Waals surface area contributed by atoms with Crippen molar-refractivity contribution in [3.63, 3.8) is 0 Å². The van der Waals surface area contributed by atoms with Crippen molar-refractivity contribution < 1.29 is 18.7 Å². The molecule has 0 saturated carbocycles. The third kappa shape index (κ3) is 7.62. The molecule has 0 bridgehead atoms. The number of piperidine rings is 2. The van der Waals surface area contributed by atoms with Gasteiger partial charge < -0.3 is 24.3 Å². The molecule has 2 aromatic heterocycles. The number of amides is 1. The van der Waals surface area contributed by atoms with Crippen LogP contribution in [0.25, 0.3) is 11.0 Å². The van der Waals surface area contributed by atoms with E-state index >= 15 is 0 Å². The molecule has 3 aliphatic rings. The van der Waals surface area contributed by atoms with Crippen molar-refractivity contribution in [2.24, 2.45) is 5.92 Å². The van der Waals surface area contributed by atoms with Crippen LogP contribution in [0.2, 0.25) is 5.02 Å². The molecule has 2 atom stereocenters. The Morgan fingerprint density at radius 3 is 2.68 bits per heavy atom. The maximum Gasteiger partial charge on any atom is 0.228 e. The molecule has 47 heavy (non-hydrogen) atoms. The van der Waals surface area contributed by atoms with Crippen LogP contribution in [0.1, 0.15) is 55.1 Å². The van der Waals surface area contributed by atoms with Crippen molar-refractivity contribution in [2.75, 3.05) is 45.2 Å². The van der Waals surface area contributed by atoms with Gasteiger partial charge in [0.1, 0.15) is 18.2 Å². The van der Waals surface area contributed by atoms with E-state index < -0.39 is 0 Å². The number of ether oxygens (including phenoxy) is 2. The number of halogens is 2. The third-order valence-electron chi connectivity index (χ3n) is 9.78. The second kappa shape index (κ2) is 14.3. The van der Waals surface area contributed by atoms with Gasteiger partial charge in [-0.3, -0.25) is 9.69 Å². The molecule has 3 aliphatic heterocycles. The quantitative estimate of drug-likeness (QED) is 0.215. The molecule has 4 aromatic rings. The highest BCUT2D eigenvalue weighted by atomic mass is 35.5. The molecule has 9 nitrogen and oxygen atoms in total. The van der Waals surface area contributed by atoms with E-state index in [9.17, 15) is 9.18 Å². The van der Waals surface area contributed by atoms with Gasteiger partial charge in [-0.05, 0) is 95.2 Å². The highest BCUT2D eigenvalue weighted by molar-refractivity contribution is 6.30. The molecule has 3 saturated heterocycles. The first-order valence-electron chi connectivity index (χ1n) is 16.7. The maximum atomic E-state index is 14.2. The summed E-state index contributed by atoms with van der Waals surface area (Å²) >= 11 is 5.88. The van der Waals surface area contributed by atoms with Crippen LogP contribution >= 0.6 is 11.6 Å². The van der Waals surface area contributed by atoms with E-state index in [0.717, 1.165) is 106 Å². The summed E-state index contributed by atoms with van der Waals surface area (Å²) in [5.41, 5.74) is 4.21. The molecule has 1 unspecified atom stereocenters. The molecular formula is C36H42ClFN6O3. The summed E-state index contributed by atoms with van der Waals surface area (Å²) < 4.78 is 28.2. The van der Waals surface area contributed by atoms with Crippen molar-refractivity contribution in [3.05, 3.63) is 82.5 Å². The summed E-state index contributed by atoms with van der Waals surface area (Å²) in [6.07, 6.45) is 5.18. The number of aromatic nitrogens is 3. The standard InChI is InChI=1S/C36H42ClFN6O3/c1-42-14-3-4-25(20-42)36(45)39-28-9-10-33-32(19-28)40-34(44(33)21-29-13-17-46-29)22-43-15-11-24(12-16-43)31-5-2-6-35(41-31)47-23-26-7-8-27(37)18-30(26)38/h2,5-10,18-19,24-25,29H,3-4,11-17,20-23H2,1H3,(H,39,45)/t25?,29-/m0/s1. The lowest BCUT2D eigenvalue weighted by Gasteiger charge is -2.32. The lowest BCUT2D eigenvalue weighted by molar-refractivity contribution is -0.121. The number of fused-ring (bicyclic) bond motifs is 1. The SMILES string of the molecule is CN1CCCC(C(=O)Nc2ccc3c(c2)nc(CN2CCC(c4cccc(OCc5ccc(Cl)cc5F)n4)CC2)n3C[C@@H]2CCO2)C1. The Balaban J connectivity index is 0.996. The minimum absolute atomic E-state index is 0.0143. The normalized spacial score (nSPS) is 21.1. The van der Waals surface area contributed by atoms with Gasteiger partial charge in [0.05, 0.1) is 36.1 Å². The molecule has 5 heterocycles. The number of nitrogens with zero attached hydrogens (tertiary/aromatic N) is 5. The van der Waals surface area contributed by atoms with Crippen LogP contribution < -0.4 is 10.1 Å². The van der Waals surface area contributed by atoms with E-state index in [4.69, 9.17) is 31.0 Å². The number of nitrogens with one attached hydrogen (secondary N) is 1. The van der Waals surface area contributed by atoms with Gasteiger partial charge in [0.25, 0.3) is 0 Å². The Morgan fingerprint density at radius 2 is 1.91 bits per heavy atom. The molecule has 7 rings (SSSR count). The summed E-state index contributed by atoms with van der Waals surface area (Å²) in [6.45, 7) is 6.12. The summed E-state index contributed by atoms with van der Waals surface area (Å²) in [5.74, 6) is 1.55. The predicted molar refractivity (Wildman–Crippen MR) is 180 cm³/mol. The van der Waals surface area contributed by atoms with Gasteiger partial charge in [-0.25, -0.2) is 14.4 Å². The van der Waals surface area contributed by atoms with Crippen molar-refractivity contribution in [3.8, 4) is 5.88 Å². The number of carbonyl (C=O) groups is 1. The molecule has 11 heteroatoms. The Hall–Kier alpha value is -3.57. The monoisotopic (exact) mass is 660 g/mol. The van der Waals surface area contributed by atoms with Crippen molar-refractivity contribution in [1.82, 2.24) is 24.3 Å². The fourth-order valence-corrected chi connectivity index (χ4v) is 7.11. The topological polar surface area (TPSA) is 84.8 Å². The number of anilines is 1. The molecule has 248 valence electrons. The third-order valence-corrected chi connectivity index (χ3v) is 10.0. The summed E-state index contributed by atoms with van der Waals surface area (Å²) in [6, 6.07) is 16.5. The van der Waals surface area contributed by atoms with Gasteiger partial charge in [-0.2, -0.15) is 0 Å². The van der Waals surface area contributed by atoms with E-state index in [0.29, 0.717) is 22.4 Å². The van der Waals surface area contributed by atoms with Gasteiger partial charge in [0.15, 0.2) is 0 Å². The van der Waals surface area contributed by atoms with Crippen molar-refractivity contribution >= 4 is 34.2 Å². The Morgan fingerprint density at radius 1 is 1.06 bits per heavy atom. The minimum atomic E-state index is -0.384. The Bertz CT molecular complexity index is 1720. The largest absolute Gasteiger partial charge is 0.473 e. The molecule has 0 aliphatic carbocycles. The first-order chi connectivity index (χ1) is 22.9. The van der Waals surface area contributed by atoms with Crippen LogP contribution in [0, 0.1) is 11.7 Å². The van der Waals surface area contributed by atoms with Crippen molar-refractivity contribution in [1.29, 1.82) is 0 Å². The number of imidazole rings is 1. The van der Waals surface area contributed by atoms with E-state index in [1.54, 1.807) is 12.1 Å². The number of benzene rings is 2. The van der Waals surface area contributed by atoms with Crippen molar-refractivity contribution in [2.45, 2.75) is 63.8 Å². The Kier molecular flexibility index (Phi) is 9.72. The summed E-state index contributed by atoms with van der Waals surface area (Å²) in [5, 5.41) is 3.52. The summed E-state index contributed by atoms with van der Waals surface area (Å²) in [4.78, 5) is 27.6. The van der Waals surface area contributed by atoms with Gasteiger partial charge in [0, 0.05) is 47.1 Å². The van der Waals surface area contributed by atoms with Gasteiger partial charge in [0.2, 0.25) is 11.8 Å². The molecule has 2 aromatic carbocycles. The van der Waals surface area contributed by atoms with Crippen LogP contribution in [0.5, 0.6) is 5.88 Å². The van der Waals surface area contributed by atoms with Crippen LogP contribution in [0.15, 0.2) is 54.6 Å². The molecule has 1 amide bonds. The van der Waals surface area contributed by atoms with E-state index in [1.807, 2.05) is 24.3 Å². The first kappa shape index (κ1) is 32.0. The lowest BCUT2D eigenvalue weighted by Crippen LogP contribution is -2.38.